The van der Waals surface area contributed by atoms with Crippen molar-refractivity contribution in [3.8, 4) is 0 Å². The molecule has 0 spiro atoms. The third-order valence-corrected chi connectivity index (χ3v) is 5.87. The molecule has 1 atom stereocenters. The Bertz CT molecular complexity index is 840. The van der Waals surface area contributed by atoms with E-state index in [2.05, 4.69) is 20.1 Å². The third-order valence-electron chi connectivity index (χ3n) is 4.50. The van der Waals surface area contributed by atoms with E-state index in [1.165, 1.54) is 6.20 Å². The van der Waals surface area contributed by atoms with Crippen molar-refractivity contribution in [2.45, 2.75) is 30.2 Å². The smallest absolute Gasteiger partial charge is 0.242 e. The molecule has 132 valence electrons. The number of ether oxygens (including phenoxy) is 1. The Labute approximate surface area is 141 Å². The number of hydrogen-bond donors (Lipinski definition) is 2. The van der Waals surface area contributed by atoms with Crippen molar-refractivity contribution in [3.05, 3.63) is 18.0 Å². The quantitative estimate of drug-likeness (QED) is 0.776. The molecule has 1 fully saturated rings. The molecule has 3 heterocycles. The monoisotopic (exact) mass is 353 g/mol. The summed E-state index contributed by atoms with van der Waals surface area (Å²) in [5.74, 6) is 0. The van der Waals surface area contributed by atoms with Gasteiger partial charge in [-0.05, 0) is 32.4 Å². The van der Waals surface area contributed by atoms with Gasteiger partial charge >= 0.3 is 0 Å². The van der Waals surface area contributed by atoms with Crippen LogP contribution < -0.4 is 10.0 Å². The molecule has 0 aromatic carbocycles. The topological polar surface area (TPSA) is 98.1 Å². The summed E-state index contributed by atoms with van der Waals surface area (Å²) in [6.07, 6.45) is 3.26. The fourth-order valence-corrected chi connectivity index (χ4v) is 4.32. The molecule has 24 heavy (non-hydrogen) atoms. The number of nitrogens with one attached hydrogen (secondary N) is 2. The van der Waals surface area contributed by atoms with E-state index in [1.54, 1.807) is 24.9 Å². The highest BCUT2D eigenvalue weighted by atomic mass is 32.2. The highest BCUT2D eigenvalue weighted by Gasteiger charge is 2.35. The molecule has 1 aliphatic rings. The third kappa shape index (κ3) is 3.16. The van der Waals surface area contributed by atoms with Gasteiger partial charge in [-0.1, -0.05) is 0 Å². The Hall–Kier alpha value is -1.55. The summed E-state index contributed by atoms with van der Waals surface area (Å²) in [6.45, 7) is 3.46. The zero-order valence-electron chi connectivity index (χ0n) is 14.2. The number of rotatable bonds is 6. The van der Waals surface area contributed by atoms with E-state index < -0.39 is 10.0 Å². The van der Waals surface area contributed by atoms with Gasteiger partial charge in [0, 0.05) is 32.3 Å². The van der Waals surface area contributed by atoms with Gasteiger partial charge in [-0.15, -0.1) is 0 Å². The molecule has 2 N–H and O–H groups in total. The van der Waals surface area contributed by atoms with Crippen molar-refractivity contribution in [1.82, 2.24) is 24.8 Å². The van der Waals surface area contributed by atoms with Crippen LogP contribution in [0.15, 0.2) is 17.2 Å². The van der Waals surface area contributed by atoms with Crippen molar-refractivity contribution in [2.24, 2.45) is 7.05 Å². The molecule has 1 aliphatic heterocycles. The van der Waals surface area contributed by atoms with Crippen molar-refractivity contribution >= 4 is 21.1 Å². The molecule has 9 heteroatoms. The molecule has 2 aromatic rings. The van der Waals surface area contributed by atoms with Gasteiger partial charge in [0.25, 0.3) is 0 Å². The van der Waals surface area contributed by atoms with Crippen LogP contribution in [0, 0.1) is 6.92 Å². The molecule has 1 unspecified atom stereocenters. The van der Waals surface area contributed by atoms with Crippen molar-refractivity contribution in [2.75, 3.05) is 26.8 Å². The molecule has 3 rings (SSSR count). The predicted octanol–water partition coefficient (Wildman–Crippen LogP) is 0.324. The normalized spacial score (nSPS) is 21.6. The van der Waals surface area contributed by atoms with Crippen molar-refractivity contribution in [3.63, 3.8) is 0 Å². The van der Waals surface area contributed by atoms with E-state index >= 15 is 0 Å². The first-order valence-electron chi connectivity index (χ1n) is 7.90. The van der Waals surface area contributed by atoms with Gasteiger partial charge in [0.05, 0.1) is 17.8 Å². The number of fused-ring (bicyclic) bond motifs is 1. The standard InChI is InChI=1S/C15H23N5O3S/c1-11-13-7-12(8-16-14(13)20(2)19-11)24(21,22)18-9-15(10-23-3)5-4-6-17-15/h7-8,17-18H,4-6,9-10H2,1-3H3. The largest absolute Gasteiger partial charge is 0.383 e. The van der Waals surface area contributed by atoms with Gasteiger partial charge in [0.15, 0.2) is 5.65 Å². The molecule has 0 bridgehead atoms. The number of pyridine rings is 1. The minimum absolute atomic E-state index is 0.150. The van der Waals surface area contributed by atoms with Crippen LogP contribution in [0.3, 0.4) is 0 Å². The lowest BCUT2D eigenvalue weighted by Gasteiger charge is -2.28. The summed E-state index contributed by atoms with van der Waals surface area (Å²) in [4.78, 5) is 4.39. The average Bonchev–Trinajstić information content (AvgIpc) is 3.12. The molecule has 0 aliphatic carbocycles. The van der Waals surface area contributed by atoms with Crippen molar-refractivity contribution in [1.29, 1.82) is 0 Å². The van der Waals surface area contributed by atoms with Crippen LogP contribution in [-0.4, -0.2) is 55.5 Å². The summed E-state index contributed by atoms with van der Waals surface area (Å²) < 4.78 is 34.9. The Morgan fingerprint density at radius 1 is 1.50 bits per heavy atom. The summed E-state index contributed by atoms with van der Waals surface area (Å²) in [5, 5.41) is 8.37. The zero-order chi connectivity index (χ0) is 17.4. The lowest BCUT2D eigenvalue weighted by atomic mass is 9.99. The fraction of sp³-hybridized carbons (Fsp3) is 0.600. The first kappa shape index (κ1) is 17.3. The lowest BCUT2D eigenvalue weighted by molar-refractivity contribution is 0.122. The Morgan fingerprint density at radius 3 is 2.96 bits per heavy atom. The molecular weight excluding hydrogens is 330 g/mol. The lowest BCUT2D eigenvalue weighted by Crippen LogP contribution is -2.52. The Balaban J connectivity index is 1.84. The molecule has 2 aromatic heterocycles. The molecule has 0 amide bonds. The first-order valence-corrected chi connectivity index (χ1v) is 9.38. The van der Waals surface area contributed by atoms with Gasteiger partial charge in [-0.25, -0.2) is 18.1 Å². The minimum atomic E-state index is -3.65. The maximum absolute atomic E-state index is 12.7. The summed E-state index contributed by atoms with van der Waals surface area (Å²) in [5.41, 5.74) is 1.08. The van der Waals surface area contributed by atoms with Crippen LogP contribution >= 0.6 is 0 Å². The highest BCUT2D eigenvalue weighted by molar-refractivity contribution is 7.89. The summed E-state index contributed by atoms with van der Waals surface area (Å²) in [6, 6.07) is 1.62. The predicted molar refractivity (Wildman–Crippen MR) is 90.3 cm³/mol. The number of nitrogens with zero attached hydrogens (tertiary/aromatic N) is 3. The number of aryl methyl sites for hydroxylation is 2. The average molecular weight is 353 g/mol. The Kier molecular flexibility index (Phi) is 4.60. The fourth-order valence-electron chi connectivity index (χ4n) is 3.22. The van der Waals surface area contributed by atoms with Crippen LogP contribution in [0.4, 0.5) is 0 Å². The molecular formula is C15H23N5O3S. The molecule has 0 radical (unpaired) electrons. The molecule has 8 nitrogen and oxygen atoms in total. The SMILES string of the molecule is COCC1(CNS(=O)(=O)c2cnc3c(c2)c(C)nn3C)CCCN1. The van der Waals surface area contributed by atoms with Gasteiger partial charge < -0.3 is 10.1 Å². The number of sulfonamides is 1. The minimum Gasteiger partial charge on any atom is -0.383 e. The van der Waals surface area contributed by atoms with Crippen molar-refractivity contribution < 1.29 is 13.2 Å². The second kappa shape index (κ2) is 6.40. The van der Waals surface area contributed by atoms with Crippen LogP contribution in [0.1, 0.15) is 18.5 Å². The number of hydrogen-bond acceptors (Lipinski definition) is 6. The second-order valence-corrected chi connectivity index (χ2v) is 8.09. The van der Waals surface area contributed by atoms with Gasteiger partial charge in [0.1, 0.15) is 4.90 Å². The van der Waals surface area contributed by atoms with Gasteiger partial charge in [-0.2, -0.15) is 5.10 Å². The van der Waals surface area contributed by atoms with E-state index in [0.717, 1.165) is 30.5 Å². The number of aromatic nitrogens is 3. The van der Waals surface area contributed by atoms with Crippen LogP contribution in [0.25, 0.3) is 11.0 Å². The number of methoxy groups -OCH3 is 1. The first-order chi connectivity index (χ1) is 11.4. The van der Waals surface area contributed by atoms with E-state index in [0.29, 0.717) is 12.3 Å². The molecule has 1 saturated heterocycles. The summed E-state index contributed by atoms with van der Waals surface area (Å²) >= 11 is 0. The van der Waals surface area contributed by atoms with Gasteiger partial charge in [-0.3, -0.25) is 4.68 Å². The van der Waals surface area contributed by atoms with Crippen LogP contribution in [0.5, 0.6) is 0 Å². The van der Waals surface area contributed by atoms with Crippen LogP contribution in [-0.2, 0) is 21.8 Å². The van der Waals surface area contributed by atoms with E-state index in [1.807, 2.05) is 6.92 Å². The van der Waals surface area contributed by atoms with E-state index in [9.17, 15) is 8.42 Å². The van der Waals surface area contributed by atoms with Gasteiger partial charge in [0.2, 0.25) is 10.0 Å². The maximum Gasteiger partial charge on any atom is 0.242 e. The van der Waals surface area contributed by atoms with E-state index in [4.69, 9.17) is 4.74 Å². The van der Waals surface area contributed by atoms with Crippen LogP contribution in [0.2, 0.25) is 0 Å². The Morgan fingerprint density at radius 2 is 2.29 bits per heavy atom. The second-order valence-electron chi connectivity index (χ2n) is 6.32. The summed E-state index contributed by atoms with van der Waals surface area (Å²) in [7, 11) is -0.237. The molecule has 0 saturated carbocycles. The maximum atomic E-state index is 12.7. The van der Waals surface area contributed by atoms with E-state index in [-0.39, 0.29) is 17.0 Å². The highest BCUT2D eigenvalue weighted by Crippen LogP contribution is 2.22. The zero-order valence-corrected chi connectivity index (χ0v) is 15.0.